The maximum absolute atomic E-state index is 12.4. The third-order valence-corrected chi connectivity index (χ3v) is 7.86. The molecule has 2 fully saturated rings. The summed E-state index contributed by atoms with van der Waals surface area (Å²) in [5, 5.41) is 0. The van der Waals surface area contributed by atoms with Crippen molar-refractivity contribution in [3.8, 4) is 0 Å². The molecule has 0 spiro atoms. The molecule has 2 aliphatic heterocycles. The first kappa shape index (κ1) is 22.9. The van der Waals surface area contributed by atoms with Crippen molar-refractivity contribution in [3.63, 3.8) is 0 Å². The summed E-state index contributed by atoms with van der Waals surface area (Å²) in [6.45, 7) is 4.43. The van der Waals surface area contributed by atoms with Crippen LogP contribution in [0.25, 0.3) is 0 Å². The number of sulfonamides is 1. The second-order valence-electron chi connectivity index (χ2n) is 8.21. The van der Waals surface area contributed by atoms with Crippen LogP contribution in [0.5, 0.6) is 0 Å². The largest absolute Gasteiger partial charge is 0.383 e. The SMILES string of the molecule is CCS(=O)(=O)N1CCC(c2nc(C3CC(=O)N(CCOC)C3)cc(N(C)C)n2)CC1. The van der Waals surface area contributed by atoms with Gasteiger partial charge >= 0.3 is 0 Å². The highest BCUT2D eigenvalue weighted by atomic mass is 32.2. The van der Waals surface area contributed by atoms with Crippen LogP contribution in [0.3, 0.4) is 0 Å². The lowest BCUT2D eigenvalue weighted by Crippen LogP contribution is -2.39. The second-order valence-corrected chi connectivity index (χ2v) is 10.5. The molecule has 0 radical (unpaired) electrons. The van der Waals surface area contributed by atoms with E-state index >= 15 is 0 Å². The van der Waals surface area contributed by atoms with Crippen molar-refractivity contribution in [2.75, 3.05) is 64.6 Å². The molecule has 1 aromatic heterocycles. The molecule has 2 saturated heterocycles. The molecule has 1 atom stereocenters. The summed E-state index contributed by atoms with van der Waals surface area (Å²) in [5.74, 6) is 1.99. The van der Waals surface area contributed by atoms with Gasteiger partial charge in [-0.05, 0) is 19.8 Å². The van der Waals surface area contributed by atoms with Gasteiger partial charge in [0.2, 0.25) is 15.9 Å². The topological polar surface area (TPSA) is 95.9 Å². The number of hydrogen-bond donors (Lipinski definition) is 0. The van der Waals surface area contributed by atoms with Gasteiger partial charge in [0.1, 0.15) is 11.6 Å². The maximum Gasteiger partial charge on any atom is 0.223 e. The smallest absolute Gasteiger partial charge is 0.223 e. The molecular formula is C20H33N5O4S. The fraction of sp³-hybridized carbons (Fsp3) is 0.750. The van der Waals surface area contributed by atoms with Crippen molar-refractivity contribution in [1.29, 1.82) is 0 Å². The van der Waals surface area contributed by atoms with Gasteiger partial charge in [0.15, 0.2) is 0 Å². The Morgan fingerprint density at radius 1 is 1.20 bits per heavy atom. The summed E-state index contributed by atoms with van der Waals surface area (Å²) in [4.78, 5) is 25.8. The molecule has 0 aliphatic carbocycles. The third kappa shape index (κ3) is 5.09. The van der Waals surface area contributed by atoms with Crippen molar-refractivity contribution >= 4 is 21.7 Å². The predicted molar refractivity (Wildman–Crippen MR) is 115 cm³/mol. The van der Waals surface area contributed by atoms with Gasteiger partial charge in [-0.1, -0.05) is 0 Å². The summed E-state index contributed by atoms with van der Waals surface area (Å²) in [6, 6.07) is 1.97. The van der Waals surface area contributed by atoms with Gasteiger partial charge < -0.3 is 14.5 Å². The maximum atomic E-state index is 12.4. The Morgan fingerprint density at radius 2 is 1.90 bits per heavy atom. The van der Waals surface area contributed by atoms with Gasteiger partial charge in [-0.3, -0.25) is 4.79 Å². The van der Waals surface area contributed by atoms with Crippen LogP contribution in [0.1, 0.15) is 49.5 Å². The molecule has 2 aliphatic rings. The van der Waals surface area contributed by atoms with Crippen molar-refractivity contribution in [2.45, 2.75) is 38.0 Å². The van der Waals surface area contributed by atoms with Crippen LogP contribution in [0.15, 0.2) is 6.07 Å². The quantitative estimate of drug-likeness (QED) is 0.597. The van der Waals surface area contributed by atoms with E-state index < -0.39 is 10.0 Å². The molecule has 3 heterocycles. The lowest BCUT2D eigenvalue weighted by Gasteiger charge is -2.30. The number of nitrogens with zero attached hydrogens (tertiary/aromatic N) is 5. The van der Waals surface area contributed by atoms with Crippen LogP contribution in [-0.2, 0) is 19.6 Å². The van der Waals surface area contributed by atoms with Gasteiger partial charge in [0.25, 0.3) is 0 Å². The van der Waals surface area contributed by atoms with Gasteiger partial charge in [-0.25, -0.2) is 22.7 Å². The first-order valence-corrected chi connectivity index (χ1v) is 12.2. The predicted octanol–water partition coefficient (Wildman–Crippen LogP) is 1.03. The number of ether oxygens (including phenoxy) is 1. The van der Waals surface area contributed by atoms with Crippen molar-refractivity contribution in [1.82, 2.24) is 19.2 Å². The molecule has 0 aromatic carbocycles. The molecule has 0 saturated carbocycles. The molecule has 9 nitrogen and oxygen atoms in total. The lowest BCUT2D eigenvalue weighted by atomic mass is 9.96. The van der Waals surface area contributed by atoms with E-state index in [1.54, 1.807) is 18.3 Å². The minimum Gasteiger partial charge on any atom is -0.383 e. The fourth-order valence-electron chi connectivity index (χ4n) is 4.05. The van der Waals surface area contributed by atoms with E-state index in [1.165, 1.54) is 0 Å². The Labute approximate surface area is 179 Å². The summed E-state index contributed by atoms with van der Waals surface area (Å²) >= 11 is 0. The highest BCUT2D eigenvalue weighted by Gasteiger charge is 2.33. The van der Waals surface area contributed by atoms with Crippen LogP contribution in [0.2, 0.25) is 0 Å². The minimum absolute atomic E-state index is 0.0374. The van der Waals surface area contributed by atoms with Crippen molar-refractivity contribution < 1.29 is 17.9 Å². The Hall–Kier alpha value is -1.78. The van der Waals surface area contributed by atoms with Crippen LogP contribution in [-0.4, -0.2) is 93.2 Å². The average molecular weight is 440 g/mol. The van der Waals surface area contributed by atoms with Crippen LogP contribution in [0.4, 0.5) is 5.82 Å². The minimum atomic E-state index is -3.16. The molecule has 30 heavy (non-hydrogen) atoms. The van der Waals surface area contributed by atoms with Crippen LogP contribution >= 0.6 is 0 Å². The first-order valence-electron chi connectivity index (χ1n) is 10.6. The zero-order chi connectivity index (χ0) is 21.9. The highest BCUT2D eigenvalue weighted by molar-refractivity contribution is 7.89. The fourth-order valence-corrected chi connectivity index (χ4v) is 5.19. The molecule has 1 aromatic rings. The van der Waals surface area contributed by atoms with Gasteiger partial charge in [0.05, 0.1) is 18.1 Å². The van der Waals surface area contributed by atoms with Crippen molar-refractivity contribution in [3.05, 3.63) is 17.6 Å². The highest BCUT2D eigenvalue weighted by Crippen LogP contribution is 2.32. The van der Waals surface area contributed by atoms with Gasteiger partial charge in [-0.2, -0.15) is 0 Å². The molecule has 168 valence electrons. The Kier molecular flexibility index (Phi) is 7.30. The van der Waals surface area contributed by atoms with E-state index in [9.17, 15) is 13.2 Å². The third-order valence-electron chi connectivity index (χ3n) is 5.98. The number of piperidine rings is 1. The summed E-state index contributed by atoms with van der Waals surface area (Å²) < 4.78 is 31.0. The standard InChI is InChI=1S/C20H33N5O4S/c1-5-30(27,28)25-8-6-15(7-9-25)20-21-17(13-18(22-20)23(2)3)16-12-19(26)24(14-16)10-11-29-4/h13,15-16H,5-12,14H2,1-4H3. The normalized spacial score (nSPS) is 21.4. The Morgan fingerprint density at radius 3 is 2.50 bits per heavy atom. The molecule has 10 heteroatoms. The number of aromatic nitrogens is 2. The number of amides is 1. The molecule has 0 bridgehead atoms. The van der Waals surface area contributed by atoms with E-state index in [0.717, 1.165) is 17.3 Å². The monoisotopic (exact) mass is 439 g/mol. The first-order chi connectivity index (χ1) is 14.2. The molecule has 1 amide bonds. The Bertz CT molecular complexity index is 853. The zero-order valence-electron chi connectivity index (χ0n) is 18.4. The number of anilines is 1. The molecular weight excluding hydrogens is 406 g/mol. The number of methoxy groups -OCH3 is 1. The van der Waals surface area contributed by atoms with Crippen molar-refractivity contribution in [2.24, 2.45) is 0 Å². The van der Waals surface area contributed by atoms with E-state index in [1.807, 2.05) is 30.0 Å². The number of hydrogen-bond acceptors (Lipinski definition) is 7. The molecule has 1 unspecified atom stereocenters. The average Bonchev–Trinajstić information content (AvgIpc) is 3.12. The van der Waals surface area contributed by atoms with Gasteiger partial charge in [0, 0.05) is 71.7 Å². The lowest BCUT2D eigenvalue weighted by molar-refractivity contribution is -0.128. The summed E-state index contributed by atoms with van der Waals surface area (Å²) in [5.41, 5.74) is 0.889. The van der Waals surface area contributed by atoms with Crippen LogP contribution in [0, 0.1) is 0 Å². The summed E-state index contributed by atoms with van der Waals surface area (Å²) in [7, 11) is 2.36. The number of rotatable bonds is 8. The summed E-state index contributed by atoms with van der Waals surface area (Å²) in [6.07, 6.45) is 1.86. The van der Waals surface area contributed by atoms with E-state index in [0.29, 0.717) is 52.0 Å². The zero-order valence-corrected chi connectivity index (χ0v) is 19.2. The van der Waals surface area contributed by atoms with Crippen LogP contribution < -0.4 is 4.90 Å². The van der Waals surface area contributed by atoms with E-state index in [-0.39, 0.29) is 23.5 Å². The number of likely N-dealkylation sites (tertiary alicyclic amines) is 1. The molecule has 0 N–H and O–H groups in total. The number of carbonyl (C=O) groups excluding carboxylic acids is 1. The molecule has 3 rings (SSSR count). The van der Waals surface area contributed by atoms with E-state index in [2.05, 4.69) is 0 Å². The number of carbonyl (C=O) groups is 1. The van der Waals surface area contributed by atoms with Gasteiger partial charge in [-0.15, -0.1) is 0 Å². The Balaban J connectivity index is 1.78. The second kappa shape index (κ2) is 9.57. The van der Waals surface area contributed by atoms with E-state index in [4.69, 9.17) is 14.7 Å².